The van der Waals surface area contributed by atoms with Crippen molar-refractivity contribution in [3.05, 3.63) is 52.3 Å². The summed E-state index contributed by atoms with van der Waals surface area (Å²) in [4.78, 5) is 13.9. The smallest absolute Gasteiger partial charge is 0.263 e. The van der Waals surface area contributed by atoms with E-state index in [0.29, 0.717) is 11.4 Å². The lowest BCUT2D eigenvalue weighted by atomic mass is 10.2. The van der Waals surface area contributed by atoms with Gasteiger partial charge in [-0.1, -0.05) is 55.5 Å². The van der Waals surface area contributed by atoms with Crippen molar-refractivity contribution in [1.82, 2.24) is 19.9 Å². The number of amides is 1. The molecule has 0 aliphatic carbocycles. The fraction of sp³-hybridized carbons (Fsp3) is 0.312. The van der Waals surface area contributed by atoms with Crippen LogP contribution in [0.2, 0.25) is 0 Å². The lowest BCUT2D eigenvalue weighted by Gasteiger charge is -2.05. The third-order valence-corrected chi connectivity index (χ3v) is 4.67. The summed E-state index contributed by atoms with van der Waals surface area (Å²) >= 11 is 1.38. The second kappa shape index (κ2) is 5.88. The molecule has 0 atom stereocenters. The van der Waals surface area contributed by atoms with Crippen LogP contribution < -0.4 is 5.32 Å². The number of fused-ring (bicyclic) bond motifs is 1. The van der Waals surface area contributed by atoms with E-state index in [1.807, 2.05) is 41.7 Å². The first-order chi connectivity index (χ1) is 10.6. The van der Waals surface area contributed by atoms with Crippen LogP contribution in [-0.2, 0) is 6.54 Å². The third-order valence-electron chi connectivity index (χ3n) is 3.53. The fourth-order valence-corrected chi connectivity index (χ4v) is 3.36. The Morgan fingerprint density at radius 1 is 1.27 bits per heavy atom. The molecule has 0 spiro atoms. The van der Waals surface area contributed by atoms with Gasteiger partial charge in [0.1, 0.15) is 10.7 Å². The number of nitrogens with zero attached hydrogens (tertiary/aromatic N) is 3. The zero-order valence-corrected chi connectivity index (χ0v) is 13.6. The molecule has 1 amide bonds. The van der Waals surface area contributed by atoms with Crippen molar-refractivity contribution in [2.24, 2.45) is 0 Å². The first-order valence-corrected chi connectivity index (χ1v) is 8.06. The third kappa shape index (κ3) is 2.62. The number of carbonyl (C=O) groups excluding carboxylic acids is 1. The maximum Gasteiger partial charge on any atom is 0.263 e. The van der Waals surface area contributed by atoms with Gasteiger partial charge in [0.25, 0.3) is 5.91 Å². The van der Waals surface area contributed by atoms with Crippen molar-refractivity contribution < 1.29 is 4.79 Å². The highest BCUT2D eigenvalue weighted by Crippen LogP contribution is 2.25. The molecule has 3 rings (SSSR count). The van der Waals surface area contributed by atoms with Crippen LogP contribution in [0.4, 0.5) is 0 Å². The van der Waals surface area contributed by atoms with Gasteiger partial charge in [0.05, 0.1) is 0 Å². The standard InChI is InChI=1S/C16H18N4OS/c1-10(2)14-18-19-16-20(14)11(3)13(22-16)15(21)17-9-12-7-5-4-6-8-12/h4-8,10H,9H2,1-3H3,(H,17,21). The van der Waals surface area contributed by atoms with Gasteiger partial charge in [-0.05, 0) is 12.5 Å². The minimum Gasteiger partial charge on any atom is -0.347 e. The van der Waals surface area contributed by atoms with Crippen LogP contribution in [-0.4, -0.2) is 20.5 Å². The number of benzene rings is 1. The summed E-state index contributed by atoms with van der Waals surface area (Å²) in [5.41, 5.74) is 1.98. The van der Waals surface area contributed by atoms with Crippen molar-refractivity contribution in [2.75, 3.05) is 0 Å². The number of aromatic nitrogens is 3. The molecule has 5 nitrogen and oxygen atoms in total. The van der Waals surface area contributed by atoms with Crippen LogP contribution in [0.3, 0.4) is 0 Å². The van der Waals surface area contributed by atoms with Gasteiger partial charge in [-0.25, -0.2) is 0 Å². The molecule has 6 heteroatoms. The van der Waals surface area contributed by atoms with Gasteiger partial charge in [-0.3, -0.25) is 9.20 Å². The first-order valence-electron chi connectivity index (χ1n) is 7.24. The van der Waals surface area contributed by atoms with Crippen molar-refractivity contribution >= 4 is 22.2 Å². The molecule has 114 valence electrons. The van der Waals surface area contributed by atoms with E-state index >= 15 is 0 Å². The molecule has 0 saturated carbocycles. The van der Waals surface area contributed by atoms with Gasteiger partial charge in [-0.2, -0.15) is 0 Å². The van der Waals surface area contributed by atoms with E-state index < -0.39 is 0 Å². The van der Waals surface area contributed by atoms with Gasteiger partial charge >= 0.3 is 0 Å². The Hall–Kier alpha value is -2.21. The molecular formula is C16H18N4OS. The lowest BCUT2D eigenvalue weighted by molar-refractivity contribution is 0.0954. The molecule has 2 aromatic heterocycles. The van der Waals surface area contributed by atoms with E-state index in [4.69, 9.17) is 0 Å². The van der Waals surface area contributed by atoms with E-state index in [-0.39, 0.29) is 11.8 Å². The molecule has 0 bridgehead atoms. The second-order valence-corrected chi connectivity index (χ2v) is 6.49. The second-order valence-electron chi connectivity index (χ2n) is 5.52. The first kappa shape index (κ1) is 14.7. The summed E-state index contributed by atoms with van der Waals surface area (Å²) < 4.78 is 1.98. The van der Waals surface area contributed by atoms with Crippen molar-refractivity contribution in [2.45, 2.75) is 33.2 Å². The Morgan fingerprint density at radius 2 is 2.00 bits per heavy atom. The summed E-state index contributed by atoms with van der Waals surface area (Å²) in [5.74, 6) is 1.10. The Morgan fingerprint density at radius 3 is 2.68 bits per heavy atom. The molecule has 1 aromatic carbocycles. The van der Waals surface area contributed by atoms with E-state index in [1.165, 1.54) is 11.3 Å². The van der Waals surface area contributed by atoms with Gasteiger partial charge in [0, 0.05) is 18.2 Å². The highest BCUT2D eigenvalue weighted by molar-refractivity contribution is 7.19. The number of thiazole rings is 1. The average molecular weight is 314 g/mol. The maximum atomic E-state index is 12.4. The Labute approximate surface area is 133 Å². The Bertz CT molecular complexity index is 804. The van der Waals surface area contributed by atoms with E-state index in [2.05, 4.69) is 29.4 Å². The minimum atomic E-state index is -0.0634. The number of rotatable bonds is 4. The van der Waals surface area contributed by atoms with E-state index in [0.717, 1.165) is 22.0 Å². The number of hydrogen-bond donors (Lipinski definition) is 1. The van der Waals surface area contributed by atoms with Crippen LogP contribution in [0.25, 0.3) is 4.96 Å². The van der Waals surface area contributed by atoms with Crippen molar-refractivity contribution in [3.63, 3.8) is 0 Å². The summed E-state index contributed by atoms with van der Waals surface area (Å²) in [5, 5.41) is 11.3. The normalized spacial score (nSPS) is 11.3. The van der Waals surface area contributed by atoms with Gasteiger partial charge < -0.3 is 5.32 Å². The maximum absolute atomic E-state index is 12.4. The highest BCUT2D eigenvalue weighted by atomic mass is 32.1. The van der Waals surface area contributed by atoms with Gasteiger partial charge in [0.2, 0.25) is 4.96 Å². The largest absolute Gasteiger partial charge is 0.347 e. The molecule has 0 saturated heterocycles. The number of nitrogens with one attached hydrogen (secondary N) is 1. The zero-order chi connectivity index (χ0) is 15.7. The monoisotopic (exact) mass is 314 g/mol. The molecule has 22 heavy (non-hydrogen) atoms. The van der Waals surface area contributed by atoms with Crippen LogP contribution in [0.1, 0.15) is 46.5 Å². The predicted molar refractivity (Wildman–Crippen MR) is 87.3 cm³/mol. The summed E-state index contributed by atoms with van der Waals surface area (Å²) in [6.07, 6.45) is 0. The van der Waals surface area contributed by atoms with E-state index in [9.17, 15) is 4.79 Å². The summed E-state index contributed by atoms with van der Waals surface area (Å²) in [6.45, 7) is 6.61. The fourth-order valence-electron chi connectivity index (χ4n) is 2.37. The topological polar surface area (TPSA) is 59.3 Å². The molecule has 0 aliphatic rings. The summed E-state index contributed by atoms with van der Waals surface area (Å²) in [7, 11) is 0. The Kier molecular flexibility index (Phi) is 3.94. The molecule has 2 heterocycles. The van der Waals surface area contributed by atoms with Crippen LogP contribution in [0.15, 0.2) is 30.3 Å². The molecule has 0 fully saturated rings. The van der Waals surface area contributed by atoms with E-state index in [1.54, 1.807) is 0 Å². The lowest BCUT2D eigenvalue weighted by Crippen LogP contribution is -2.22. The van der Waals surface area contributed by atoms with Gasteiger partial charge in [0.15, 0.2) is 0 Å². The molecule has 3 aromatic rings. The van der Waals surface area contributed by atoms with Crippen molar-refractivity contribution in [3.8, 4) is 0 Å². The summed E-state index contributed by atoms with van der Waals surface area (Å²) in [6, 6.07) is 9.88. The SMILES string of the molecule is Cc1c(C(=O)NCc2ccccc2)sc2nnc(C(C)C)n12. The van der Waals surface area contributed by atoms with Gasteiger partial charge in [-0.15, -0.1) is 10.2 Å². The highest BCUT2D eigenvalue weighted by Gasteiger charge is 2.20. The number of aryl methyl sites for hydroxylation is 1. The average Bonchev–Trinajstić information content (AvgIpc) is 3.07. The molecule has 0 radical (unpaired) electrons. The number of carbonyl (C=O) groups is 1. The minimum absolute atomic E-state index is 0.0634. The predicted octanol–water partition coefficient (Wildman–Crippen LogP) is 3.15. The zero-order valence-electron chi connectivity index (χ0n) is 12.8. The van der Waals surface area contributed by atoms with Crippen molar-refractivity contribution in [1.29, 1.82) is 0 Å². The Balaban J connectivity index is 1.84. The van der Waals surface area contributed by atoms with Crippen LogP contribution in [0.5, 0.6) is 0 Å². The molecule has 1 N–H and O–H groups in total. The number of hydrogen-bond acceptors (Lipinski definition) is 4. The quantitative estimate of drug-likeness (QED) is 0.805. The van der Waals surface area contributed by atoms with Crippen LogP contribution >= 0.6 is 11.3 Å². The van der Waals surface area contributed by atoms with Crippen LogP contribution in [0, 0.1) is 6.92 Å². The molecule has 0 unspecified atom stereocenters. The molecular weight excluding hydrogens is 296 g/mol. The molecule has 0 aliphatic heterocycles.